The number of carbonyl (C=O) groups excluding carboxylic acids is 1. The van der Waals surface area contributed by atoms with Crippen LogP contribution in [0.1, 0.15) is 28.4 Å². The molecule has 1 atom stereocenters. The molecule has 0 aliphatic carbocycles. The molecule has 0 radical (unpaired) electrons. The topological polar surface area (TPSA) is 100 Å². The average molecular weight is 380 g/mol. The predicted octanol–water partition coefficient (Wildman–Crippen LogP) is 2.43. The Morgan fingerprint density at radius 1 is 1.11 bits per heavy atom. The molecule has 8 nitrogen and oxygen atoms in total. The normalized spacial score (nSPS) is 11.7. The Kier molecular flexibility index (Phi) is 5.88. The van der Waals surface area contributed by atoms with Crippen molar-refractivity contribution in [3.63, 3.8) is 0 Å². The van der Waals surface area contributed by atoms with Crippen molar-refractivity contribution in [3.8, 4) is 11.5 Å². The van der Waals surface area contributed by atoms with Gasteiger partial charge in [-0.1, -0.05) is 12.1 Å². The van der Waals surface area contributed by atoms with Gasteiger partial charge in [0.05, 0.1) is 20.1 Å². The molecule has 146 valence electrons. The van der Waals surface area contributed by atoms with E-state index in [4.69, 9.17) is 9.47 Å². The molecule has 3 aromatic rings. The highest BCUT2D eigenvalue weighted by molar-refractivity contribution is 5.95. The summed E-state index contributed by atoms with van der Waals surface area (Å²) in [5, 5.41) is 17.8. The number of benzene rings is 2. The summed E-state index contributed by atoms with van der Waals surface area (Å²) < 4.78 is 10.7. The fraction of sp³-hybridized carbons (Fsp3) is 0.300. The fourth-order valence-corrected chi connectivity index (χ4v) is 2.88. The number of hydrogen-bond acceptors (Lipinski definition) is 6. The second kappa shape index (κ2) is 8.51. The highest BCUT2D eigenvalue weighted by atomic mass is 16.5. The number of methoxy groups -OCH3 is 2. The van der Waals surface area contributed by atoms with Crippen molar-refractivity contribution >= 4 is 11.6 Å². The number of tetrazole rings is 1. The summed E-state index contributed by atoms with van der Waals surface area (Å²) in [6.07, 6.45) is 0.331. The van der Waals surface area contributed by atoms with Gasteiger partial charge in [-0.05, 0) is 55.2 Å². The fourth-order valence-electron chi connectivity index (χ4n) is 2.88. The maximum absolute atomic E-state index is 13.0. The SMILES string of the molecule is COc1ccc(C[C@H](C(=O)Nc2ccc(C)c(C)c2)c2nnn[n-]2)c(OC)c1. The number of hydrogen-bond donors (Lipinski definition) is 1. The molecule has 2 aromatic carbocycles. The number of aromatic nitrogens is 4. The van der Waals surface area contributed by atoms with Gasteiger partial charge in [0, 0.05) is 17.6 Å². The zero-order valence-electron chi connectivity index (χ0n) is 16.3. The summed E-state index contributed by atoms with van der Waals surface area (Å²) in [4.78, 5) is 13.0. The largest absolute Gasteiger partial charge is 0.497 e. The van der Waals surface area contributed by atoms with E-state index in [0.717, 1.165) is 16.7 Å². The minimum Gasteiger partial charge on any atom is -0.497 e. The maximum atomic E-state index is 13.0. The first kappa shape index (κ1) is 19.3. The molecular formula is C20H22N5O3-. The Hall–Kier alpha value is -3.42. The second-order valence-corrected chi connectivity index (χ2v) is 6.46. The Morgan fingerprint density at radius 3 is 2.57 bits per heavy atom. The maximum Gasteiger partial charge on any atom is 0.232 e. The second-order valence-electron chi connectivity index (χ2n) is 6.46. The molecule has 8 heteroatoms. The lowest BCUT2D eigenvalue weighted by atomic mass is 9.96. The minimum absolute atomic E-state index is 0.240. The van der Waals surface area contributed by atoms with Crippen LogP contribution in [-0.4, -0.2) is 35.7 Å². The molecule has 0 spiro atoms. The van der Waals surface area contributed by atoms with E-state index in [9.17, 15) is 4.79 Å². The highest BCUT2D eigenvalue weighted by Crippen LogP contribution is 2.29. The Labute approximate surface area is 163 Å². The van der Waals surface area contributed by atoms with Gasteiger partial charge in [-0.3, -0.25) is 15.1 Å². The van der Waals surface area contributed by atoms with Gasteiger partial charge in [0.2, 0.25) is 5.91 Å². The smallest absolute Gasteiger partial charge is 0.232 e. The van der Waals surface area contributed by atoms with Crippen molar-refractivity contribution in [1.29, 1.82) is 0 Å². The lowest BCUT2D eigenvalue weighted by Gasteiger charge is -2.19. The molecule has 1 N–H and O–H groups in total. The van der Waals surface area contributed by atoms with Crippen LogP contribution >= 0.6 is 0 Å². The standard InChI is InChI=1S/C20H23N5O3/c1-12-5-7-15(9-13(12)2)21-20(26)17(19-22-24-25-23-19)10-14-6-8-16(27-3)11-18(14)28-4/h5-9,11,17H,10H2,1-4H3,(H2,21,22,23,24,25,26)/p-1/t17-/m0/s1. The van der Waals surface area contributed by atoms with Crippen molar-refractivity contribution in [2.75, 3.05) is 19.5 Å². The molecule has 0 fully saturated rings. The van der Waals surface area contributed by atoms with Crippen LogP contribution in [0.4, 0.5) is 5.69 Å². The van der Waals surface area contributed by atoms with Crippen molar-refractivity contribution in [3.05, 3.63) is 58.9 Å². The van der Waals surface area contributed by atoms with Gasteiger partial charge < -0.3 is 19.9 Å². The number of aryl methyl sites for hydroxylation is 2. The van der Waals surface area contributed by atoms with Gasteiger partial charge in [-0.2, -0.15) is 5.21 Å². The molecule has 0 unspecified atom stereocenters. The van der Waals surface area contributed by atoms with Crippen LogP contribution in [0, 0.1) is 13.8 Å². The third kappa shape index (κ3) is 4.28. The van der Waals surface area contributed by atoms with Crippen molar-refractivity contribution in [1.82, 2.24) is 20.6 Å². The van der Waals surface area contributed by atoms with E-state index < -0.39 is 5.92 Å². The zero-order valence-corrected chi connectivity index (χ0v) is 16.3. The van der Waals surface area contributed by atoms with Gasteiger partial charge in [0.25, 0.3) is 0 Å². The van der Waals surface area contributed by atoms with Gasteiger partial charge in [0.1, 0.15) is 11.5 Å². The molecule has 0 aliphatic heterocycles. The molecule has 0 saturated heterocycles. The molecule has 3 rings (SSSR count). The van der Waals surface area contributed by atoms with Crippen molar-refractivity contribution < 1.29 is 14.3 Å². The van der Waals surface area contributed by atoms with E-state index in [1.165, 1.54) is 0 Å². The molecule has 1 heterocycles. The lowest BCUT2D eigenvalue weighted by Crippen LogP contribution is -2.24. The molecule has 0 aliphatic rings. The van der Waals surface area contributed by atoms with Crippen LogP contribution in [0.15, 0.2) is 36.4 Å². The Bertz CT molecular complexity index is 956. The van der Waals surface area contributed by atoms with E-state index in [1.54, 1.807) is 20.3 Å². The first-order chi connectivity index (χ1) is 13.5. The predicted molar refractivity (Wildman–Crippen MR) is 104 cm³/mol. The van der Waals surface area contributed by atoms with Crippen LogP contribution in [0.3, 0.4) is 0 Å². The number of anilines is 1. The van der Waals surface area contributed by atoms with Gasteiger partial charge in [-0.15, -0.1) is 0 Å². The first-order valence-corrected chi connectivity index (χ1v) is 8.79. The van der Waals surface area contributed by atoms with Crippen LogP contribution < -0.4 is 19.9 Å². The van der Waals surface area contributed by atoms with Crippen molar-refractivity contribution in [2.24, 2.45) is 0 Å². The average Bonchev–Trinajstić information content (AvgIpc) is 3.23. The van der Waals surface area contributed by atoms with Crippen molar-refractivity contribution in [2.45, 2.75) is 26.2 Å². The first-order valence-electron chi connectivity index (χ1n) is 8.79. The summed E-state index contributed by atoms with van der Waals surface area (Å²) in [7, 11) is 3.16. The summed E-state index contributed by atoms with van der Waals surface area (Å²) in [6.45, 7) is 4.02. The van der Waals surface area contributed by atoms with E-state index in [1.807, 2.05) is 44.2 Å². The Morgan fingerprint density at radius 2 is 1.93 bits per heavy atom. The van der Waals surface area contributed by atoms with Gasteiger partial charge >= 0.3 is 0 Å². The molecular weight excluding hydrogens is 358 g/mol. The van der Waals surface area contributed by atoms with Crippen LogP contribution in [0.2, 0.25) is 0 Å². The Balaban J connectivity index is 1.87. The van der Waals surface area contributed by atoms with Gasteiger partial charge in [0.15, 0.2) is 0 Å². The zero-order chi connectivity index (χ0) is 20.1. The third-order valence-corrected chi connectivity index (χ3v) is 4.66. The highest BCUT2D eigenvalue weighted by Gasteiger charge is 2.23. The van der Waals surface area contributed by atoms with E-state index in [-0.39, 0.29) is 11.7 Å². The lowest BCUT2D eigenvalue weighted by molar-refractivity contribution is -0.117. The number of rotatable bonds is 7. The molecule has 1 aromatic heterocycles. The summed E-state index contributed by atoms with van der Waals surface area (Å²) in [5.41, 5.74) is 3.80. The summed E-state index contributed by atoms with van der Waals surface area (Å²) >= 11 is 0. The van der Waals surface area contributed by atoms with Crippen LogP contribution in [0.5, 0.6) is 11.5 Å². The number of amides is 1. The monoisotopic (exact) mass is 380 g/mol. The number of nitrogens with zero attached hydrogens (tertiary/aromatic N) is 4. The molecule has 28 heavy (non-hydrogen) atoms. The van der Waals surface area contributed by atoms with E-state index in [0.29, 0.717) is 23.6 Å². The minimum atomic E-state index is -0.668. The number of carbonyl (C=O) groups is 1. The van der Waals surface area contributed by atoms with E-state index >= 15 is 0 Å². The molecule has 1 amide bonds. The molecule has 0 saturated carbocycles. The number of nitrogens with one attached hydrogen (secondary N) is 1. The molecule has 0 bridgehead atoms. The third-order valence-electron chi connectivity index (χ3n) is 4.66. The summed E-state index contributed by atoms with van der Waals surface area (Å²) in [6, 6.07) is 11.2. The summed E-state index contributed by atoms with van der Waals surface area (Å²) in [5.74, 6) is 0.648. The van der Waals surface area contributed by atoms with E-state index in [2.05, 4.69) is 25.9 Å². The van der Waals surface area contributed by atoms with Crippen LogP contribution in [-0.2, 0) is 11.2 Å². The quantitative estimate of drug-likeness (QED) is 0.672. The number of ether oxygens (including phenoxy) is 2. The van der Waals surface area contributed by atoms with Gasteiger partial charge in [-0.25, -0.2) is 0 Å². The van der Waals surface area contributed by atoms with Crippen LogP contribution in [0.25, 0.3) is 0 Å².